The molecule has 39 heavy (non-hydrogen) atoms. The first-order valence-electron chi connectivity index (χ1n) is 13.1. The van der Waals surface area contributed by atoms with Crippen molar-refractivity contribution in [2.75, 3.05) is 24.6 Å². The second-order valence-corrected chi connectivity index (χ2v) is 9.93. The first kappa shape index (κ1) is 26.3. The summed E-state index contributed by atoms with van der Waals surface area (Å²) in [5.41, 5.74) is 4.06. The van der Waals surface area contributed by atoms with Gasteiger partial charge in [-0.15, -0.1) is 0 Å². The number of halogens is 1. The van der Waals surface area contributed by atoms with Crippen LogP contribution in [0.15, 0.2) is 65.6 Å². The van der Waals surface area contributed by atoms with Gasteiger partial charge in [0.1, 0.15) is 23.1 Å². The minimum Gasteiger partial charge on any atom is -0.478 e. The lowest BCUT2D eigenvalue weighted by molar-refractivity contribution is 0.127. The topological polar surface area (TPSA) is 87.3 Å². The summed E-state index contributed by atoms with van der Waals surface area (Å²) in [6.45, 7) is 7.93. The fourth-order valence-electron chi connectivity index (χ4n) is 5.51. The Morgan fingerprint density at radius 1 is 1.13 bits per heavy atom. The van der Waals surface area contributed by atoms with Crippen LogP contribution in [0.2, 0.25) is 0 Å². The third-order valence-corrected chi connectivity index (χ3v) is 7.42. The van der Waals surface area contributed by atoms with Crippen molar-refractivity contribution in [3.63, 3.8) is 0 Å². The fourth-order valence-corrected chi connectivity index (χ4v) is 5.51. The summed E-state index contributed by atoms with van der Waals surface area (Å²) in [6, 6.07) is 17.4. The Kier molecular flexibility index (Phi) is 7.31. The monoisotopic (exact) mass is 526 g/mol. The van der Waals surface area contributed by atoms with Crippen LogP contribution in [0, 0.1) is 17.1 Å². The molecule has 0 saturated carbocycles. The molecule has 0 N–H and O–H groups in total. The number of nitrogens with zero attached hydrogens (tertiary/aromatic N) is 6. The molecule has 4 heterocycles. The van der Waals surface area contributed by atoms with E-state index in [1.807, 2.05) is 31.2 Å². The molecule has 9 heteroatoms. The lowest BCUT2D eigenvalue weighted by Crippen LogP contribution is -2.57. The van der Waals surface area contributed by atoms with Crippen molar-refractivity contribution in [1.29, 1.82) is 5.26 Å². The Bertz CT molecular complexity index is 1600. The Labute approximate surface area is 226 Å². The second-order valence-electron chi connectivity index (χ2n) is 9.93. The molecule has 3 aromatic heterocycles. The van der Waals surface area contributed by atoms with Crippen molar-refractivity contribution in [3.8, 4) is 11.9 Å². The number of ether oxygens (including phenoxy) is 1. The number of benzene rings is 1. The molecule has 0 aliphatic carbocycles. The van der Waals surface area contributed by atoms with Gasteiger partial charge >= 0.3 is 0 Å². The Morgan fingerprint density at radius 3 is 2.62 bits per heavy atom. The van der Waals surface area contributed by atoms with E-state index in [-0.39, 0.29) is 29.5 Å². The molecule has 1 unspecified atom stereocenters. The molecular formula is C30H31FN6O2. The molecule has 1 aliphatic heterocycles. The van der Waals surface area contributed by atoms with Gasteiger partial charge < -0.3 is 14.2 Å². The maximum atomic E-state index is 13.9. The highest BCUT2D eigenvalue weighted by molar-refractivity contribution is 5.89. The second kappa shape index (κ2) is 10.8. The SMILES string of the molecule is CCOc1ncccc1C(c1ccc(F)cc1)N1C[C@H](C)N(c2cc(=O)n(C)c3ccc(C#N)nc23)C[C@H]1C. The highest BCUT2D eigenvalue weighted by Gasteiger charge is 2.37. The van der Waals surface area contributed by atoms with Crippen LogP contribution >= 0.6 is 0 Å². The average molecular weight is 527 g/mol. The van der Waals surface area contributed by atoms with E-state index in [1.54, 1.807) is 36.0 Å². The molecule has 0 amide bonds. The largest absolute Gasteiger partial charge is 0.478 e. The van der Waals surface area contributed by atoms with Crippen LogP contribution in [-0.2, 0) is 7.05 Å². The molecule has 0 spiro atoms. The molecule has 200 valence electrons. The van der Waals surface area contributed by atoms with Crippen LogP contribution in [0.3, 0.4) is 0 Å². The van der Waals surface area contributed by atoms with Gasteiger partial charge in [-0.3, -0.25) is 9.69 Å². The Balaban J connectivity index is 1.57. The quantitative estimate of drug-likeness (QED) is 0.367. The summed E-state index contributed by atoms with van der Waals surface area (Å²) < 4.78 is 21.4. The molecule has 0 radical (unpaired) electrons. The third-order valence-electron chi connectivity index (χ3n) is 7.42. The number of fused-ring (bicyclic) bond motifs is 1. The van der Waals surface area contributed by atoms with Crippen molar-refractivity contribution >= 4 is 16.7 Å². The zero-order valence-corrected chi connectivity index (χ0v) is 22.5. The van der Waals surface area contributed by atoms with Crippen molar-refractivity contribution in [2.45, 2.75) is 38.9 Å². The molecule has 0 bridgehead atoms. The summed E-state index contributed by atoms with van der Waals surface area (Å²) in [7, 11) is 1.71. The van der Waals surface area contributed by atoms with Gasteiger partial charge in [0, 0.05) is 50.0 Å². The smallest absolute Gasteiger partial charge is 0.252 e. The number of anilines is 1. The number of hydrogen-bond acceptors (Lipinski definition) is 7. The molecule has 5 rings (SSSR count). The standard InChI is InChI=1S/C30H31FN6O2/c1-5-39-30-24(7-6-14-33-30)29(21-8-10-22(31)11-9-21)37-18-19(2)36(17-20(37)3)26-15-27(38)35(4)25-13-12-23(16-32)34-28(25)26/h6-15,19-20,29H,5,17-18H2,1-4H3/t19-,20+,29?/m0/s1. The van der Waals surface area contributed by atoms with Gasteiger partial charge in [0.2, 0.25) is 5.88 Å². The number of hydrogen-bond donors (Lipinski definition) is 0. The van der Waals surface area contributed by atoms with E-state index in [2.05, 4.69) is 39.7 Å². The van der Waals surface area contributed by atoms with Crippen molar-refractivity contribution in [2.24, 2.45) is 7.05 Å². The highest BCUT2D eigenvalue weighted by Crippen LogP contribution is 2.38. The predicted molar refractivity (Wildman–Crippen MR) is 148 cm³/mol. The van der Waals surface area contributed by atoms with Crippen LogP contribution in [0.4, 0.5) is 10.1 Å². The summed E-state index contributed by atoms with van der Waals surface area (Å²) in [6.07, 6.45) is 1.71. The van der Waals surface area contributed by atoms with Crippen LogP contribution in [0.1, 0.15) is 43.6 Å². The summed E-state index contributed by atoms with van der Waals surface area (Å²) in [5, 5.41) is 9.47. The Morgan fingerprint density at radius 2 is 1.90 bits per heavy atom. The molecule has 8 nitrogen and oxygen atoms in total. The number of rotatable bonds is 6. The van der Waals surface area contributed by atoms with Gasteiger partial charge in [0.15, 0.2) is 0 Å². The minimum atomic E-state index is -0.290. The van der Waals surface area contributed by atoms with E-state index in [9.17, 15) is 14.4 Å². The van der Waals surface area contributed by atoms with E-state index in [1.165, 1.54) is 12.1 Å². The van der Waals surface area contributed by atoms with Gasteiger partial charge in [-0.25, -0.2) is 14.4 Å². The highest BCUT2D eigenvalue weighted by atomic mass is 19.1. The maximum absolute atomic E-state index is 13.9. The normalized spacial score (nSPS) is 18.6. The van der Waals surface area contributed by atoms with Gasteiger partial charge in [0.05, 0.1) is 23.9 Å². The summed E-state index contributed by atoms with van der Waals surface area (Å²) in [4.78, 5) is 26.6. The molecule has 1 aliphatic rings. The lowest BCUT2D eigenvalue weighted by Gasteiger charge is -2.48. The summed E-state index contributed by atoms with van der Waals surface area (Å²) in [5.74, 6) is 0.268. The van der Waals surface area contributed by atoms with Crippen molar-refractivity contribution in [3.05, 3.63) is 93.8 Å². The molecule has 1 fully saturated rings. The maximum Gasteiger partial charge on any atom is 0.252 e. The molecule has 3 atom stereocenters. The zero-order valence-electron chi connectivity index (χ0n) is 22.5. The van der Waals surface area contributed by atoms with E-state index in [0.29, 0.717) is 42.3 Å². The Hall–Kier alpha value is -4.29. The lowest BCUT2D eigenvalue weighted by atomic mass is 9.93. The predicted octanol–water partition coefficient (Wildman–Crippen LogP) is 4.43. The average Bonchev–Trinajstić information content (AvgIpc) is 2.94. The number of piperazine rings is 1. The first-order valence-corrected chi connectivity index (χ1v) is 13.1. The van der Waals surface area contributed by atoms with E-state index in [0.717, 1.165) is 16.8 Å². The first-order chi connectivity index (χ1) is 18.8. The minimum absolute atomic E-state index is 0.000730. The third kappa shape index (κ3) is 4.95. The van der Waals surface area contributed by atoms with E-state index < -0.39 is 0 Å². The molecule has 4 aromatic rings. The van der Waals surface area contributed by atoms with Crippen LogP contribution in [0.25, 0.3) is 11.0 Å². The molecule has 1 aromatic carbocycles. The van der Waals surface area contributed by atoms with Gasteiger partial charge in [0.25, 0.3) is 5.56 Å². The molecule has 1 saturated heterocycles. The van der Waals surface area contributed by atoms with Gasteiger partial charge in [-0.2, -0.15) is 5.26 Å². The number of nitriles is 1. The van der Waals surface area contributed by atoms with Crippen LogP contribution < -0.4 is 15.2 Å². The van der Waals surface area contributed by atoms with E-state index in [4.69, 9.17) is 4.74 Å². The van der Waals surface area contributed by atoms with Crippen LogP contribution in [0.5, 0.6) is 5.88 Å². The van der Waals surface area contributed by atoms with Gasteiger partial charge in [-0.05, 0) is 56.7 Å². The summed E-state index contributed by atoms with van der Waals surface area (Å²) >= 11 is 0. The number of aryl methyl sites for hydroxylation is 1. The molecular weight excluding hydrogens is 495 g/mol. The zero-order chi connectivity index (χ0) is 27.7. The van der Waals surface area contributed by atoms with E-state index >= 15 is 0 Å². The van der Waals surface area contributed by atoms with Gasteiger partial charge in [-0.1, -0.05) is 18.2 Å². The fraction of sp³-hybridized carbons (Fsp3) is 0.333. The van der Waals surface area contributed by atoms with Crippen molar-refractivity contribution in [1.82, 2.24) is 19.4 Å². The number of pyridine rings is 3. The van der Waals surface area contributed by atoms with Crippen molar-refractivity contribution < 1.29 is 9.13 Å². The van der Waals surface area contributed by atoms with Crippen LogP contribution in [-0.4, -0.2) is 51.2 Å². The number of aromatic nitrogens is 3.